The van der Waals surface area contributed by atoms with E-state index < -0.39 is 0 Å². The summed E-state index contributed by atoms with van der Waals surface area (Å²) < 4.78 is 0. The second-order valence-corrected chi connectivity index (χ2v) is 7.00. The Morgan fingerprint density at radius 3 is 2.77 bits per heavy atom. The van der Waals surface area contributed by atoms with Crippen molar-refractivity contribution in [2.75, 3.05) is 40.3 Å². The van der Waals surface area contributed by atoms with Crippen LogP contribution in [0, 0.1) is 0 Å². The number of carbonyl (C=O) groups excluding carboxylic acids is 1. The molecule has 5 heteroatoms. The Bertz CT molecular complexity index is 548. The highest BCUT2D eigenvalue weighted by molar-refractivity contribution is 6.30. The van der Waals surface area contributed by atoms with Gasteiger partial charge in [0.25, 0.3) is 5.91 Å². The average Bonchev–Trinajstić information content (AvgIpc) is 3.06. The fourth-order valence-electron chi connectivity index (χ4n) is 3.72. The summed E-state index contributed by atoms with van der Waals surface area (Å²) in [4.78, 5) is 19.6. The first-order chi connectivity index (χ1) is 10.6. The van der Waals surface area contributed by atoms with Crippen molar-refractivity contribution in [3.05, 3.63) is 34.9 Å². The molecule has 2 saturated heterocycles. The number of likely N-dealkylation sites (N-methyl/N-ethyl adjacent to an activating group) is 1. The number of nitrogens with zero attached hydrogens (tertiary/aromatic N) is 3. The number of hydrogen-bond donors (Lipinski definition) is 0. The normalized spacial score (nSPS) is 25.0. The molecule has 0 unspecified atom stereocenters. The topological polar surface area (TPSA) is 26.8 Å². The first-order valence-corrected chi connectivity index (χ1v) is 8.39. The van der Waals surface area contributed by atoms with Crippen LogP contribution >= 0.6 is 11.6 Å². The molecule has 0 spiro atoms. The molecule has 2 aliphatic heterocycles. The van der Waals surface area contributed by atoms with Gasteiger partial charge in [-0.1, -0.05) is 17.7 Å². The Labute approximate surface area is 137 Å². The Balaban J connectivity index is 1.67. The third-order valence-corrected chi connectivity index (χ3v) is 5.09. The molecule has 120 valence electrons. The fraction of sp³-hybridized carbons (Fsp3) is 0.588. The molecule has 2 fully saturated rings. The summed E-state index contributed by atoms with van der Waals surface area (Å²) >= 11 is 6.02. The van der Waals surface area contributed by atoms with E-state index in [0.29, 0.717) is 22.7 Å². The lowest BCUT2D eigenvalue weighted by molar-refractivity contribution is 0.0732. The van der Waals surface area contributed by atoms with Crippen LogP contribution in [0.15, 0.2) is 24.3 Å². The highest BCUT2D eigenvalue weighted by atomic mass is 35.5. The maximum Gasteiger partial charge on any atom is 0.254 e. The van der Waals surface area contributed by atoms with Crippen molar-refractivity contribution in [2.45, 2.75) is 24.9 Å². The van der Waals surface area contributed by atoms with E-state index in [0.717, 1.165) is 39.0 Å². The zero-order valence-corrected chi connectivity index (χ0v) is 14.1. The highest BCUT2D eigenvalue weighted by Crippen LogP contribution is 2.32. The van der Waals surface area contributed by atoms with Crippen LogP contribution < -0.4 is 0 Å². The molecule has 2 aliphatic rings. The number of fused-ring (bicyclic) bond motifs is 1. The van der Waals surface area contributed by atoms with E-state index >= 15 is 0 Å². The SMILES string of the molecule is CN(C)CCN1CC[C@H]2[C@@H]1CCN2C(=O)c1cccc(Cl)c1. The van der Waals surface area contributed by atoms with Crippen molar-refractivity contribution in [1.29, 1.82) is 0 Å². The van der Waals surface area contributed by atoms with Crippen LogP contribution in [0.2, 0.25) is 5.02 Å². The minimum absolute atomic E-state index is 0.129. The second kappa shape index (κ2) is 6.57. The lowest BCUT2D eigenvalue weighted by atomic mass is 10.1. The van der Waals surface area contributed by atoms with Gasteiger partial charge in [-0.15, -0.1) is 0 Å². The van der Waals surface area contributed by atoms with Gasteiger partial charge in [0.2, 0.25) is 0 Å². The summed E-state index contributed by atoms with van der Waals surface area (Å²) in [6.45, 7) is 4.13. The number of carbonyl (C=O) groups is 1. The Kier molecular flexibility index (Phi) is 4.71. The van der Waals surface area contributed by atoms with Gasteiger partial charge in [-0.05, 0) is 45.1 Å². The largest absolute Gasteiger partial charge is 0.334 e. The lowest BCUT2D eigenvalue weighted by Gasteiger charge is -2.26. The standard InChI is InChI=1S/C17H24ClN3O/c1-19(2)10-11-20-8-6-16-15(20)7-9-21(16)17(22)13-4-3-5-14(18)12-13/h3-5,12,15-16H,6-11H2,1-2H3/t15-,16-/m0/s1. The van der Waals surface area contributed by atoms with Crippen molar-refractivity contribution in [1.82, 2.24) is 14.7 Å². The van der Waals surface area contributed by atoms with Gasteiger partial charge in [0, 0.05) is 48.8 Å². The van der Waals surface area contributed by atoms with E-state index in [9.17, 15) is 4.79 Å². The van der Waals surface area contributed by atoms with Crippen molar-refractivity contribution in [3.8, 4) is 0 Å². The molecule has 0 aromatic heterocycles. The van der Waals surface area contributed by atoms with Gasteiger partial charge in [-0.25, -0.2) is 0 Å². The molecule has 3 rings (SSSR count). The molecular weight excluding hydrogens is 298 g/mol. The van der Waals surface area contributed by atoms with Gasteiger partial charge in [0.1, 0.15) is 0 Å². The van der Waals surface area contributed by atoms with Crippen LogP contribution in [0.4, 0.5) is 0 Å². The zero-order valence-electron chi connectivity index (χ0n) is 13.3. The summed E-state index contributed by atoms with van der Waals surface area (Å²) in [7, 11) is 4.22. The van der Waals surface area contributed by atoms with Crippen LogP contribution in [-0.4, -0.2) is 73.0 Å². The first kappa shape index (κ1) is 15.8. The maximum absolute atomic E-state index is 12.8. The molecule has 0 saturated carbocycles. The van der Waals surface area contributed by atoms with Crippen LogP contribution in [0.1, 0.15) is 23.2 Å². The van der Waals surface area contributed by atoms with Crippen molar-refractivity contribution >= 4 is 17.5 Å². The van der Waals surface area contributed by atoms with Gasteiger partial charge in [-0.3, -0.25) is 9.69 Å². The summed E-state index contributed by atoms with van der Waals surface area (Å²) in [5, 5.41) is 0.626. The number of rotatable bonds is 4. The van der Waals surface area contributed by atoms with E-state index in [1.165, 1.54) is 0 Å². The highest BCUT2D eigenvalue weighted by Gasteiger charge is 2.44. The number of benzene rings is 1. The molecular formula is C17H24ClN3O. The van der Waals surface area contributed by atoms with Gasteiger partial charge >= 0.3 is 0 Å². The molecule has 1 amide bonds. The van der Waals surface area contributed by atoms with E-state index in [1.54, 1.807) is 6.07 Å². The minimum Gasteiger partial charge on any atom is -0.334 e. The Morgan fingerprint density at radius 1 is 1.27 bits per heavy atom. The molecule has 1 aromatic rings. The smallest absolute Gasteiger partial charge is 0.254 e. The molecule has 2 atom stereocenters. The number of amides is 1. The van der Waals surface area contributed by atoms with Gasteiger partial charge in [0.05, 0.1) is 0 Å². The predicted molar refractivity (Wildman–Crippen MR) is 89.4 cm³/mol. The first-order valence-electron chi connectivity index (χ1n) is 8.01. The van der Waals surface area contributed by atoms with Crippen LogP contribution in [0.25, 0.3) is 0 Å². The molecule has 4 nitrogen and oxygen atoms in total. The van der Waals surface area contributed by atoms with Crippen molar-refractivity contribution in [2.24, 2.45) is 0 Å². The number of halogens is 1. The summed E-state index contributed by atoms with van der Waals surface area (Å²) in [5.41, 5.74) is 0.708. The fourth-order valence-corrected chi connectivity index (χ4v) is 3.91. The third-order valence-electron chi connectivity index (χ3n) is 4.86. The van der Waals surface area contributed by atoms with Crippen LogP contribution in [0.5, 0.6) is 0 Å². The predicted octanol–water partition coefficient (Wildman–Crippen LogP) is 2.19. The monoisotopic (exact) mass is 321 g/mol. The number of hydrogen-bond acceptors (Lipinski definition) is 3. The molecule has 0 N–H and O–H groups in total. The van der Waals surface area contributed by atoms with E-state index in [2.05, 4.69) is 28.8 Å². The minimum atomic E-state index is 0.129. The molecule has 22 heavy (non-hydrogen) atoms. The summed E-state index contributed by atoms with van der Waals surface area (Å²) in [6, 6.07) is 8.19. The second-order valence-electron chi connectivity index (χ2n) is 6.56. The molecule has 1 aromatic carbocycles. The molecule has 2 heterocycles. The molecule has 0 aliphatic carbocycles. The van der Waals surface area contributed by atoms with Gasteiger partial charge in [0.15, 0.2) is 0 Å². The maximum atomic E-state index is 12.8. The average molecular weight is 322 g/mol. The summed E-state index contributed by atoms with van der Waals surface area (Å²) in [5.74, 6) is 0.129. The van der Waals surface area contributed by atoms with Gasteiger partial charge < -0.3 is 9.80 Å². The Morgan fingerprint density at radius 2 is 2.05 bits per heavy atom. The molecule has 0 bridgehead atoms. The van der Waals surface area contributed by atoms with Crippen molar-refractivity contribution in [3.63, 3.8) is 0 Å². The van der Waals surface area contributed by atoms with E-state index in [1.807, 2.05) is 18.2 Å². The van der Waals surface area contributed by atoms with Crippen LogP contribution in [-0.2, 0) is 0 Å². The van der Waals surface area contributed by atoms with E-state index in [-0.39, 0.29) is 5.91 Å². The lowest BCUT2D eigenvalue weighted by Crippen LogP contribution is -2.41. The number of likely N-dealkylation sites (tertiary alicyclic amines) is 2. The Hall–Kier alpha value is -1.10. The van der Waals surface area contributed by atoms with Gasteiger partial charge in [-0.2, -0.15) is 0 Å². The third kappa shape index (κ3) is 3.14. The van der Waals surface area contributed by atoms with E-state index in [4.69, 9.17) is 11.6 Å². The van der Waals surface area contributed by atoms with Crippen molar-refractivity contribution < 1.29 is 4.79 Å². The van der Waals surface area contributed by atoms with Crippen LogP contribution in [0.3, 0.4) is 0 Å². The quantitative estimate of drug-likeness (QED) is 0.850. The molecule has 0 radical (unpaired) electrons. The zero-order chi connectivity index (χ0) is 15.7. The summed E-state index contributed by atoms with van der Waals surface area (Å²) in [6.07, 6.45) is 2.18.